The van der Waals surface area contributed by atoms with Gasteiger partial charge in [-0.25, -0.2) is 9.59 Å². The van der Waals surface area contributed by atoms with Gasteiger partial charge in [-0.15, -0.1) is 0 Å². The van der Waals surface area contributed by atoms with Gasteiger partial charge in [0.05, 0.1) is 17.4 Å². The number of hydrogen-bond donors (Lipinski definition) is 1. The van der Waals surface area contributed by atoms with E-state index < -0.39 is 41.6 Å². The van der Waals surface area contributed by atoms with Crippen LogP contribution in [0.5, 0.6) is 0 Å². The summed E-state index contributed by atoms with van der Waals surface area (Å²) < 4.78 is 11.1. The van der Waals surface area contributed by atoms with Gasteiger partial charge in [-0.3, -0.25) is 4.79 Å². The first-order valence-corrected chi connectivity index (χ1v) is 8.79. The molecule has 0 spiro atoms. The van der Waals surface area contributed by atoms with Gasteiger partial charge >= 0.3 is 11.9 Å². The number of aliphatic hydroxyl groups is 1. The normalized spacial score (nSPS) is 42.2. The monoisotopic (exact) mass is 360 g/mol. The molecule has 1 aliphatic heterocycles. The topological polar surface area (TPSA) is 89.9 Å². The zero-order valence-corrected chi connectivity index (χ0v) is 15.4. The Bertz CT molecular complexity index is 747. The van der Waals surface area contributed by atoms with Crippen LogP contribution in [-0.2, 0) is 23.9 Å². The van der Waals surface area contributed by atoms with Gasteiger partial charge < -0.3 is 14.6 Å². The summed E-state index contributed by atoms with van der Waals surface area (Å²) in [5, 5.41) is 10.8. The Morgan fingerprint density at radius 3 is 2.69 bits per heavy atom. The molecule has 0 aromatic rings. The number of hydrogen-bond acceptors (Lipinski definition) is 6. The fourth-order valence-electron chi connectivity index (χ4n) is 4.44. The number of ketones is 1. The predicted octanol–water partition coefficient (Wildman–Crippen LogP) is 1.73. The van der Waals surface area contributed by atoms with Gasteiger partial charge in [0.15, 0.2) is 5.78 Å². The largest absolute Gasteiger partial charge is 0.457 e. The number of carbonyl (C=O) groups is 3. The van der Waals surface area contributed by atoms with Gasteiger partial charge in [-0.1, -0.05) is 25.7 Å². The highest BCUT2D eigenvalue weighted by Gasteiger charge is 2.64. The Hall–Kier alpha value is -2.21. The van der Waals surface area contributed by atoms with E-state index in [0.717, 1.165) is 0 Å². The van der Waals surface area contributed by atoms with Crippen molar-refractivity contribution in [2.45, 2.75) is 46.0 Å². The quantitative estimate of drug-likeness (QED) is 0.596. The second-order valence-corrected chi connectivity index (χ2v) is 7.60. The van der Waals surface area contributed by atoms with Crippen LogP contribution in [0, 0.1) is 23.2 Å². The fraction of sp³-hybridized carbons (Fsp3) is 0.550. The summed E-state index contributed by atoms with van der Waals surface area (Å²) in [7, 11) is 0. The standard InChI is InChI=1S/C20H24O6/c1-6-9(2)18(23)26-17-14-11(4)19(24)25-16(14)15(22)10(3)12-7-8-13(21)20(12,17)5/h6-8,10,12,14-17,22H,4H2,1-3,5H3/t10-,12-,14+,15+,16-,17-,20-/m0/s1. The van der Waals surface area contributed by atoms with Crippen molar-refractivity contribution in [1.29, 1.82) is 0 Å². The van der Waals surface area contributed by atoms with Crippen molar-refractivity contribution in [3.8, 4) is 0 Å². The molecule has 2 aliphatic carbocycles. The first kappa shape index (κ1) is 18.6. The van der Waals surface area contributed by atoms with Crippen molar-refractivity contribution in [2.75, 3.05) is 0 Å². The highest BCUT2D eigenvalue weighted by molar-refractivity contribution is 5.99. The van der Waals surface area contributed by atoms with E-state index in [9.17, 15) is 19.5 Å². The van der Waals surface area contributed by atoms with Crippen molar-refractivity contribution in [3.05, 3.63) is 36.0 Å². The summed E-state index contributed by atoms with van der Waals surface area (Å²) >= 11 is 0. The summed E-state index contributed by atoms with van der Waals surface area (Å²) in [6, 6.07) is 0. The first-order valence-electron chi connectivity index (χ1n) is 8.79. The molecule has 1 N–H and O–H groups in total. The molecule has 26 heavy (non-hydrogen) atoms. The zero-order chi connectivity index (χ0) is 19.4. The Balaban J connectivity index is 2.14. The number of allylic oxidation sites excluding steroid dienone is 3. The molecule has 140 valence electrons. The minimum Gasteiger partial charge on any atom is -0.457 e. The summed E-state index contributed by atoms with van der Waals surface area (Å²) in [4.78, 5) is 37.4. The van der Waals surface area contributed by atoms with Crippen LogP contribution >= 0.6 is 0 Å². The van der Waals surface area contributed by atoms with Crippen LogP contribution < -0.4 is 0 Å². The maximum absolute atomic E-state index is 12.8. The summed E-state index contributed by atoms with van der Waals surface area (Å²) in [6.45, 7) is 10.7. The average Bonchev–Trinajstić information content (AvgIpc) is 3.06. The molecule has 0 bridgehead atoms. The van der Waals surface area contributed by atoms with E-state index in [-0.39, 0.29) is 23.2 Å². The lowest BCUT2D eigenvalue weighted by atomic mass is 9.67. The van der Waals surface area contributed by atoms with E-state index in [1.54, 1.807) is 32.9 Å². The molecular weight excluding hydrogens is 336 g/mol. The summed E-state index contributed by atoms with van der Waals surface area (Å²) in [5.74, 6) is -2.86. The Morgan fingerprint density at radius 1 is 1.42 bits per heavy atom. The minimum absolute atomic E-state index is 0.124. The summed E-state index contributed by atoms with van der Waals surface area (Å²) in [6.07, 6.45) is 2.00. The molecule has 0 aromatic heterocycles. The van der Waals surface area contributed by atoms with Crippen LogP contribution in [0.1, 0.15) is 27.7 Å². The highest BCUT2D eigenvalue weighted by Crippen LogP contribution is 2.54. The molecule has 0 amide bonds. The lowest BCUT2D eigenvalue weighted by Gasteiger charge is -2.39. The van der Waals surface area contributed by atoms with Crippen LogP contribution in [0.15, 0.2) is 36.0 Å². The van der Waals surface area contributed by atoms with Crippen LogP contribution in [-0.4, -0.2) is 41.1 Å². The van der Waals surface area contributed by atoms with Crippen LogP contribution in [0.4, 0.5) is 0 Å². The molecular formula is C20H24O6. The molecule has 7 atom stereocenters. The molecule has 1 saturated carbocycles. The molecule has 1 saturated heterocycles. The number of esters is 2. The second-order valence-electron chi connectivity index (χ2n) is 7.60. The lowest BCUT2D eigenvalue weighted by molar-refractivity contribution is -0.161. The van der Waals surface area contributed by atoms with Crippen LogP contribution in [0.3, 0.4) is 0 Å². The highest BCUT2D eigenvalue weighted by atomic mass is 16.6. The molecule has 0 radical (unpaired) electrons. The third kappa shape index (κ3) is 2.39. The van der Waals surface area contributed by atoms with Crippen molar-refractivity contribution in [2.24, 2.45) is 23.2 Å². The predicted molar refractivity (Wildman–Crippen MR) is 92.7 cm³/mol. The van der Waals surface area contributed by atoms with E-state index in [1.807, 2.05) is 6.92 Å². The van der Waals surface area contributed by atoms with Gasteiger partial charge in [-0.2, -0.15) is 0 Å². The molecule has 3 aliphatic rings. The van der Waals surface area contributed by atoms with Crippen molar-refractivity contribution in [3.63, 3.8) is 0 Å². The van der Waals surface area contributed by atoms with Gasteiger partial charge in [0.25, 0.3) is 0 Å². The van der Waals surface area contributed by atoms with E-state index >= 15 is 0 Å². The van der Waals surface area contributed by atoms with Crippen LogP contribution in [0.2, 0.25) is 0 Å². The SMILES string of the molecule is C=C1C(=O)O[C@@H]2[C@H](O)[C@@H](C)[C@@H]3C=CC(=O)[C@@]3(C)[C@@H](OC(=O)C(C)=CC)[C@H]12. The average molecular weight is 360 g/mol. The fourth-order valence-corrected chi connectivity index (χ4v) is 4.44. The number of carbonyl (C=O) groups excluding carboxylic acids is 3. The Labute approximate surface area is 152 Å². The maximum Gasteiger partial charge on any atom is 0.334 e. The van der Waals surface area contributed by atoms with Crippen LogP contribution in [0.25, 0.3) is 0 Å². The zero-order valence-electron chi connectivity index (χ0n) is 15.4. The third-order valence-corrected chi connectivity index (χ3v) is 6.29. The van der Waals surface area contributed by atoms with Gasteiger partial charge in [0.2, 0.25) is 0 Å². The van der Waals surface area contributed by atoms with E-state index in [2.05, 4.69) is 6.58 Å². The molecule has 3 rings (SSSR count). The van der Waals surface area contributed by atoms with Gasteiger partial charge in [-0.05, 0) is 38.7 Å². The first-order chi connectivity index (χ1) is 12.1. The van der Waals surface area contributed by atoms with E-state index in [4.69, 9.17) is 9.47 Å². The lowest BCUT2D eigenvalue weighted by Crippen LogP contribution is -2.49. The molecule has 1 heterocycles. The summed E-state index contributed by atoms with van der Waals surface area (Å²) in [5.41, 5.74) is -0.576. The Kier molecular flexibility index (Phi) is 4.43. The number of aliphatic hydroxyl groups excluding tert-OH is 1. The molecule has 0 aromatic carbocycles. The Morgan fingerprint density at radius 2 is 2.08 bits per heavy atom. The maximum atomic E-state index is 12.8. The molecule has 6 heteroatoms. The van der Waals surface area contributed by atoms with Gasteiger partial charge in [0, 0.05) is 11.1 Å². The molecule has 0 unspecified atom stereocenters. The van der Waals surface area contributed by atoms with Crippen molar-refractivity contribution in [1.82, 2.24) is 0 Å². The van der Waals surface area contributed by atoms with Crippen molar-refractivity contribution < 1.29 is 29.0 Å². The number of rotatable bonds is 2. The number of ether oxygens (including phenoxy) is 2. The van der Waals surface area contributed by atoms with Crippen molar-refractivity contribution >= 4 is 17.7 Å². The minimum atomic E-state index is -1.10. The van der Waals surface area contributed by atoms with E-state index in [0.29, 0.717) is 5.57 Å². The second kappa shape index (κ2) is 6.20. The third-order valence-electron chi connectivity index (χ3n) is 6.29. The molecule has 6 nitrogen and oxygen atoms in total. The number of fused-ring (bicyclic) bond motifs is 2. The molecule has 2 fully saturated rings. The van der Waals surface area contributed by atoms with E-state index in [1.165, 1.54) is 6.08 Å². The van der Waals surface area contributed by atoms with Gasteiger partial charge in [0.1, 0.15) is 12.2 Å². The smallest absolute Gasteiger partial charge is 0.334 e.